The molecule has 0 spiro atoms. The fourth-order valence-electron chi connectivity index (χ4n) is 5.18. The average Bonchev–Trinajstić information content (AvgIpc) is 2.66. The molecular formula is C18H34O2. The van der Waals surface area contributed by atoms with Gasteiger partial charge < -0.3 is 10.2 Å². The van der Waals surface area contributed by atoms with Crippen LogP contribution in [0.3, 0.4) is 0 Å². The molecule has 2 rings (SSSR count). The maximum absolute atomic E-state index is 10.3. The van der Waals surface area contributed by atoms with Crippen molar-refractivity contribution in [1.29, 1.82) is 0 Å². The van der Waals surface area contributed by atoms with Crippen molar-refractivity contribution in [3.63, 3.8) is 0 Å². The van der Waals surface area contributed by atoms with Gasteiger partial charge in [0.2, 0.25) is 0 Å². The lowest BCUT2D eigenvalue weighted by atomic mass is 9.61. The molecule has 20 heavy (non-hydrogen) atoms. The molecule has 2 saturated carbocycles. The van der Waals surface area contributed by atoms with Crippen molar-refractivity contribution in [2.75, 3.05) is 0 Å². The van der Waals surface area contributed by atoms with E-state index in [1.807, 2.05) is 13.8 Å². The Balaban J connectivity index is 1.92. The first-order chi connectivity index (χ1) is 9.24. The summed E-state index contributed by atoms with van der Waals surface area (Å²) < 4.78 is 0. The Labute approximate surface area is 125 Å². The Morgan fingerprint density at radius 1 is 1.25 bits per heavy atom. The van der Waals surface area contributed by atoms with Crippen LogP contribution in [0.5, 0.6) is 0 Å². The molecule has 2 fully saturated rings. The molecule has 2 aliphatic carbocycles. The van der Waals surface area contributed by atoms with Crippen LogP contribution in [0.15, 0.2) is 0 Å². The molecule has 0 aliphatic heterocycles. The van der Waals surface area contributed by atoms with Crippen molar-refractivity contribution in [1.82, 2.24) is 0 Å². The number of rotatable bonds is 5. The largest absolute Gasteiger partial charge is 0.393 e. The van der Waals surface area contributed by atoms with Gasteiger partial charge in [0.05, 0.1) is 11.7 Å². The third-order valence-corrected chi connectivity index (χ3v) is 6.30. The van der Waals surface area contributed by atoms with E-state index >= 15 is 0 Å². The minimum absolute atomic E-state index is 0.0534. The summed E-state index contributed by atoms with van der Waals surface area (Å²) >= 11 is 0. The van der Waals surface area contributed by atoms with E-state index in [-0.39, 0.29) is 6.10 Å². The number of hydrogen-bond donors (Lipinski definition) is 2. The number of fused-ring (bicyclic) bond motifs is 1. The Morgan fingerprint density at radius 2 is 1.95 bits per heavy atom. The molecule has 0 amide bonds. The lowest BCUT2D eigenvalue weighted by Gasteiger charge is -2.45. The van der Waals surface area contributed by atoms with E-state index in [4.69, 9.17) is 0 Å². The molecule has 5 atom stereocenters. The molecule has 0 heterocycles. The third-order valence-electron chi connectivity index (χ3n) is 6.30. The third kappa shape index (κ3) is 3.39. The lowest BCUT2D eigenvalue weighted by Crippen LogP contribution is -2.41. The van der Waals surface area contributed by atoms with Crippen molar-refractivity contribution in [2.45, 2.75) is 90.8 Å². The topological polar surface area (TPSA) is 40.5 Å². The fourth-order valence-corrected chi connectivity index (χ4v) is 5.18. The average molecular weight is 282 g/mol. The summed E-state index contributed by atoms with van der Waals surface area (Å²) in [6.07, 6.45) is 9.20. The summed E-state index contributed by atoms with van der Waals surface area (Å²) in [5.41, 5.74) is -0.158. The summed E-state index contributed by atoms with van der Waals surface area (Å²) in [6, 6.07) is 0. The van der Waals surface area contributed by atoms with E-state index in [2.05, 4.69) is 13.8 Å². The van der Waals surface area contributed by atoms with Gasteiger partial charge >= 0.3 is 0 Å². The van der Waals surface area contributed by atoms with Gasteiger partial charge in [0, 0.05) is 0 Å². The smallest absolute Gasteiger partial charge is 0.0591 e. The van der Waals surface area contributed by atoms with Crippen LogP contribution in [0.2, 0.25) is 0 Å². The van der Waals surface area contributed by atoms with Crippen molar-refractivity contribution < 1.29 is 10.2 Å². The lowest BCUT2D eigenvalue weighted by molar-refractivity contribution is -0.0283. The molecule has 2 nitrogen and oxygen atoms in total. The zero-order valence-corrected chi connectivity index (χ0v) is 13.9. The first-order valence-electron chi connectivity index (χ1n) is 8.64. The van der Waals surface area contributed by atoms with Crippen LogP contribution in [-0.4, -0.2) is 21.9 Å². The first-order valence-corrected chi connectivity index (χ1v) is 8.64. The van der Waals surface area contributed by atoms with E-state index in [0.29, 0.717) is 11.3 Å². The van der Waals surface area contributed by atoms with Crippen LogP contribution in [0.4, 0.5) is 0 Å². The number of aliphatic hydroxyl groups is 2. The van der Waals surface area contributed by atoms with Crippen molar-refractivity contribution in [3.05, 3.63) is 0 Å². The van der Waals surface area contributed by atoms with Gasteiger partial charge in [0.1, 0.15) is 0 Å². The van der Waals surface area contributed by atoms with Crippen molar-refractivity contribution >= 4 is 0 Å². The molecular weight excluding hydrogens is 248 g/mol. The Kier molecular flexibility index (Phi) is 4.86. The summed E-state index contributed by atoms with van der Waals surface area (Å²) in [5.74, 6) is 2.03. The van der Waals surface area contributed by atoms with Gasteiger partial charge in [-0.2, -0.15) is 0 Å². The van der Waals surface area contributed by atoms with Gasteiger partial charge in [-0.1, -0.05) is 33.1 Å². The number of hydrogen-bond acceptors (Lipinski definition) is 2. The molecule has 0 aromatic rings. The standard InChI is InChI=1S/C18H34O2/c1-13(7-5-11-17(2,3)20)14-9-10-15-16(19)8-6-12-18(14,15)4/h13-16,19-20H,5-12H2,1-4H3. The monoisotopic (exact) mass is 282 g/mol. The van der Waals surface area contributed by atoms with Crippen molar-refractivity contribution in [3.8, 4) is 0 Å². The highest BCUT2D eigenvalue weighted by molar-refractivity contribution is 5.01. The van der Waals surface area contributed by atoms with Crippen molar-refractivity contribution in [2.24, 2.45) is 23.2 Å². The van der Waals surface area contributed by atoms with Crippen LogP contribution < -0.4 is 0 Å². The van der Waals surface area contributed by atoms with Gasteiger partial charge in [-0.05, 0) is 69.1 Å². The zero-order valence-electron chi connectivity index (χ0n) is 13.9. The predicted molar refractivity (Wildman–Crippen MR) is 83.5 cm³/mol. The van der Waals surface area contributed by atoms with E-state index < -0.39 is 5.60 Å². The molecule has 2 N–H and O–H groups in total. The normalized spacial score (nSPS) is 39.6. The summed E-state index contributed by atoms with van der Waals surface area (Å²) in [6.45, 7) is 8.64. The van der Waals surface area contributed by atoms with Gasteiger partial charge in [-0.3, -0.25) is 0 Å². The maximum atomic E-state index is 10.3. The maximum Gasteiger partial charge on any atom is 0.0591 e. The van der Waals surface area contributed by atoms with Crippen LogP contribution in [-0.2, 0) is 0 Å². The highest BCUT2D eigenvalue weighted by atomic mass is 16.3. The number of aliphatic hydroxyl groups excluding tert-OH is 1. The minimum atomic E-state index is -0.525. The molecule has 118 valence electrons. The summed E-state index contributed by atoms with van der Waals surface area (Å²) in [5, 5.41) is 20.1. The Morgan fingerprint density at radius 3 is 2.60 bits per heavy atom. The van der Waals surface area contributed by atoms with E-state index in [9.17, 15) is 10.2 Å². The SMILES string of the molecule is CC(CCCC(C)(C)O)C1CCC2C(O)CCCC12C. The molecule has 0 aromatic heterocycles. The molecule has 0 radical (unpaired) electrons. The highest BCUT2D eigenvalue weighted by Gasteiger charge is 2.51. The molecule has 5 unspecified atom stereocenters. The highest BCUT2D eigenvalue weighted by Crippen LogP contribution is 2.58. The molecule has 2 heteroatoms. The van der Waals surface area contributed by atoms with Crippen LogP contribution in [0.1, 0.15) is 79.1 Å². The fraction of sp³-hybridized carbons (Fsp3) is 1.00. The Bertz CT molecular complexity index is 320. The second-order valence-corrected chi connectivity index (χ2v) is 8.44. The second kappa shape index (κ2) is 5.96. The summed E-state index contributed by atoms with van der Waals surface area (Å²) in [4.78, 5) is 0. The predicted octanol–water partition coefficient (Wildman–Crippen LogP) is 4.14. The molecule has 0 aromatic carbocycles. The van der Waals surface area contributed by atoms with Gasteiger partial charge in [0.15, 0.2) is 0 Å². The molecule has 2 aliphatic rings. The van der Waals surface area contributed by atoms with Gasteiger partial charge in [0.25, 0.3) is 0 Å². The second-order valence-electron chi connectivity index (χ2n) is 8.44. The van der Waals surface area contributed by atoms with E-state index in [1.54, 1.807) is 0 Å². The zero-order chi connectivity index (χ0) is 15.0. The quantitative estimate of drug-likeness (QED) is 0.795. The van der Waals surface area contributed by atoms with Gasteiger partial charge in [-0.15, -0.1) is 0 Å². The Hall–Kier alpha value is -0.0800. The van der Waals surface area contributed by atoms with Crippen LogP contribution >= 0.6 is 0 Å². The van der Waals surface area contributed by atoms with E-state index in [1.165, 1.54) is 32.1 Å². The summed E-state index contributed by atoms with van der Waals surface area (Å²) in [7, 11) is 0. The first kappa shape index (κ1) is 16.3. The van der Waals surface area contributed by atoms with E-state index in [0.717, 1.165) is 31.1 Å². The minimum Gasteiger partial charge on any atom is -0.393 e. The van der Waals surface area contributed by atoms with Crippen LogP contribution in [0.25, 0.3) is 0 Å². The molecule has 0 saturated heterocycles. The van der Waals surface area contributed by atoms with Gasteiger partial charge in [-0.25, -0.2) is 0 Å². The molecule has 0 bridgehead atoms. The van der Waals surface area contributed by atoms with Crippen LogP contribution in [0, 0.1) is 23.2 Å².